The molecule has 0 radical (unpaired) electrons. The summed E-state index contributed by atoms with van der Waals surface area (Å²) in [5.74, 6) is -0.884. The first kappa shape index (κ1) is 24.5. The molecule has 0 spiro atoms. The summed E-state index contributed by atoms with van der Waals surface area (Å²) in [6.07, 6.45) is 9.77. The van der Waals surface area contributed by atoms with E-state index >= 15 is 0 Å². The van der Waals surface area contributed by atoms with Crippen molar-refractivity contribution in [1.82, 2.24) is 20.9 Å². The normalized spacial score (nSPS) is 17.3. The van der Waals surface area contributed by atoms with Gasteiger partial charge in [-0.1, -0.05) is 46.0 Å². The molecule has 1 heterocycles. The van der Waals surface area contributed by atoms with E-state index in [2.05, 4.69) is 20.9 Å². The van der Waals surface area contributed by atoms with Crippen molar-refractivity contribution in [2.45, 2.75) is 77.4 Å². The third kappa shape index (κ3) is 7.77. The van der Waals surface area contributed by atoms with E-state index in [0.717, 1.165) is 25.7 Å². The molecule has 1 aromatic heterocycles. The first-order valence-corrected chi connectivity index (χ1v) is 11.1. The molecule has 1 aromatic rings. The Morgan fingerprint density at radius 3 is 2.23 bits per heavy atom. The molecule has 3 atom stereocenters. The van der Waals surface area contributed by atoms with E-state index in [0.29, 0.717) is 24.2 Å². The summed E-state index contributed by atoms with van der Waals surface area (Å²) in [6.45, 7) is 5.23. The lowest BCUT2D eigenvalue weighted by Gasteiger charge is -2.28. The van der Waals surface area contributed by atoms with Crippen molar-refractivity contribution in [2.75, 3.05) is 0 Å². The van der Waals surface area contributed by atoms with E-state index in [4.69, 9.17) is 0 Å². The Hall–Kier alpha value is -2.77. The van der Waals surface area contributed by atoms with Gasteiger partial charge in [0.25, 0.3) is 5.91 Å². The van der Waals surface area contributed by atoms with Crippen LogP contribution in [0.4, 0.5) is 0 Å². The maximum atomic E-state index is 13.0. The van der Waals surface area contributed by atoms with Gasteiger partial charge in [-0.15, -0.1) is 0 Å². The number of pyridine rings is 1. The fourth-order valence-corrected chi connectivity index (χ4v) is 3.76. The number of carbonyl (C=O) groups excluding carboxylic acids is 4. The molecule has 1 saturated carbocycles. The molecule has 0 saturated heterocycles. The molecular weight excluding hydrogens is 396 g/mol. The summed E-state index contributed by atoms with van der Waals surface area (Å²) < 4.78 is 0. The molecule has 1 aliphatic carbocycles. The lowest BCUT2D eigenvalue weighted by Crippen LogP contribution is -2.55. The zero-order valence-corrected chi connectivity index (χ0v) is 18.6. The highest BCUT2D eigenvalue weighted by Gasteiger charge is 2.29. The van der Waals surface area contributed by atoms with Gasteiger partial charge in [0.1, 0.15) is 18.4 Å². The molecular formula is C23H34N4O4. The standard InChI is InChI=1S/C23H34N4O4/c1-15(2)20(14-28)27-21(29)16(3)25-23(31)19(13-17-7-5-4-6-8-17)26-22(30)18-9-11-24-12-10-18/h9-12,14-17,19-20H,4-8,13H2,1-3H3,(H,25,31)(H,26,30)(H,27,29)/t16-,19-,20+/m0/s1. The van der Waals surface area contributed by atoms with Crippen LogP contribution < -0.4 is 16.0 Å². The van der Waals surface area contributed by atoms with E-state index < -0.39 is 29.9 Å². The first-order valence-electron chi connectivity index (χ1n) is 11.1. The number of hydrogen-bond acceptors (Lipinski definition) is 5. The predicted molar refractivity (Wildman–Crippen MR) is 117 cm³/mol. The summed E-state index contributed by atoms with van der Waals surface area (Å²) in [7, 11) is 0. The van der Waals surface area contributed by atoms with Crippen LogP contribution in [0.1, 0.15) is 69.7 Å². The zero-order chi connectivity index (χ0) is 22.8. The molecule has 0 aromatic carbocycles. The number of aromatic nitrogens is 1. The van der Waals surface area contributed by atoms with Crippen LogP contribution in [-0.4, -0.2) is 47.1 Å². The topological polar surface area (TPSA) is 117 Å². The van der Waals surface area contributed by atoms with Crippen LogP contribution >= 0.6 is 0 Å². The monoisotopic (exact) mass is 430 g/mol. The van der Waals surface area contributed by atoms with Gasteiger partial charge in [-0.05, 0) is 37.3 Å². The lowest BCUT2D eigenvalue weighted by molar-refractivity contribution is -0.131. The van der Waals surface area contributed by atoms with Crippen LogP contribution in [-0.2, 0) is 14.4 Å². The van der Waals surface area contributed by atoms with E-state index in [1.165, 1.54) is 18.8 Å². The second kappa shape index (κ2) is 12.2. The first-order chi connectivity index (χ1) is 14.8. The van der Waals surface area contributed by atoms with Crippen molar-refractivity contribution in [3.63, 3.8) is 0 Å². The number of amides is 3. The molecule has 170 valence electrons. The second-order valence-electron chi connectivity index (χ2n) is 8.65. The second-order valence-corrected chi connectivity index (χ2v) is 8.65. The SMILES string of the molecule is CC(C)[C@@H](C=O)NC(=O)[C@H](C)NC(=O)[C@H](CC1CCCCC1)NC(=O)c1ccncc1. The number of hydrogen-bond donors (Lipinski definition) is 3. The maximum Gasteiger partial charge on any atom is 0.252 e. The Kier molecular flexibility index (Phi) is 9.62. The quantitative estimate of drug-likeness (QED) is 0.491. The fraction of sp³-hybridized carbons (Fsp3) is 0.609. The van der Waals surface area contributed by atoms with E-state index in [1.807, 2.05) is 13.8 Å². The van der Waals surface area contributed by atoms with Crippen LogP contribution in [0.3, 0.4) is 0 Å². The van der Waals surface area contributed by atoms with Gasteiger partial charge in [0.2, 0.25) is 11.8 Å². The fourth-order valence-electron chi connectivity index (χ4n) is 3.76. The summed E-state index contributed by atoms with van der Waals surface area (Å²) in [6, 6.07) is 0.987. The van der Waals surface area contributed by atoms with Gasteiger partial charge in [0.15, 0.2) is 0 Å². The summed E-state index contributed by atoms with van der Waals surface area (Å²) in [5.41, 5.74) is 0.424. The molecule has 8 nitrogen and oxygen atoms in total. The van der Waals surface area contributed by atoms with Crippen molar-refractivity contribution in [3.05, 3.63) is 30.1 Å². The minimum absolute atomic E-state index is 0.0527. The highest BCUT2D eigenvalue weighted by atomic mass is 16.2. The van der Waals surface area contributed by atoms with E-state index in [9.17, 15) is 19.2 Å². The average molecular weight is 431 g/mol. The Morgan fingerprint density at radius 1 is 1.00 bits per heavy atom. The van der Waals surface area contributed by atoms with Gasteiger partial charge in [-0.3, -0.25) is 19.4 Å². The predicted octanol–water partition coefficient (Wildman–Crippen LogP) is 1.99. The highest BCUT2D eigenvalue weighted by molar-refractivity contribution is 5.98. The number of rotatable bonds is 10. The average Bonchev–Trinajstić information content (AvgIpc) is 2.77. The van der Waals surface area contributed by atoms with Crippen LogP contribution in [0.15, 0.2) is 24.5 Å². The number of aldehydes is 1. The summed E-state index contributed by atoms with van der Waals surface area (Å²) >= 11 is 0. The number of nitrogens with zero attached hydrogens (tertiary/aromatic N) is 1. The van der Waals surface area contributed by atoms with Crippen LogP contribution in [0, 0.1) is 11.8 Å². The molecule has 0 unspecified atom stereocenters. The summed E-state index contributed by atoms with van der Waals surface area (Å²) in [4.78, 5) is 53.1. The van der Waals surface area contributed by atoms with Gasteiger partial charge < -0.3 is 20.7 Å². The van der Waals surface area contributed by atoms with Gasteiger partial charge in [0.05, 0.1) is 6.04 Å². The van der Waals surface area contributed by atoms with Gasteiger partial charge in [-0.25, -0.2) is 0 Å². The molecule has 31 heavy (non-hydrogen) atoms. The maximum absolute atomic E-state index is 13.0. The van der Waals surface area contributed by atoms with Gasteiger partial charge in [-0.2, -0.15) is 0 Å². The third-order valence-corrected chi connectivity index (χ3v) is 5.78. The highest BCUT2D eigenvalue weighted by Crippen LogP contribution is 2.27. The molecule has 0 aliphatic heterocycles. The van der Waals surface area contributed by atoms with Crippen molar-refractivity contribution in [1.29, 1.82) is 0 Å². The Morgan fingerprint density at radius 2 is 1.65 bits per heavy atom. The minimum Gasteiger partial charge on any atom is -0.345 e. The Labute approximate surface area is 184 Å². The molecule has 1 fully saturated rings. The van der Waals surface area contributed by atoms with Crippen molar-refractivity contribution >= 4 is 24.0 Å². The largest absolute Gasteiger partial charge is 0.345 e. The number of nitrogens with one attached hydrogen (secondary N) is 3. The third-order valence-electron chi connectivity index (χ3n) is 5.78. The van der Waals surface area contributed by atoms with Crippen molar-refractivity contribution in [2.24, 2.45) is 11.8 Å². The summed E-state index contributed by atoms with van der Waals surface area (Å²) in [5, 5.41) is 8.17. The Balaban J connectivity index is 2.04. The van der Waals surface area contributed by atoms with E-state index in [-0.39, 0.29) is 11.8 Å². The van der Waals surface area contributed by atoms with Crippen LogP contribution in [0.2, 0.25) is 0 Å². The molecule has 8 heteroatoms. The molecule has 3 N–H and O–H groups in total. The van der Waals surface area contributed by atoms with Crippen molar-refractivity contribution < 1.29 is 19.2 Å². The van der Waals surface area contributed by atoms with Crippen LogP contribution in [0.5, 0.6) is 0 Å². The smallest absolute Gasteiger partial charge is 0.252 e. The van der Waals surface area contributed by atoms with E-state index in [1.54, 1.807) is 19.1 Å². The molecule has 1 aliphatic rings. The Bertz CT molecular complexity index is 747. The lowest BCUT2D eigenvalue weighted by atomic mass is 9.84. The zero-order valence-electron chi connectivity index (χ0n) is 18.6. The van der Waals surface area contributed by atoms with Gasteiger partial charge in [0, 0.05) is 18.0 Å². The minimum atomic E-state index is -0.833. The number of carbonyl (C=O) groups is 4. The van der Waals surface area contributed by atoms with Gasteiger partial charge >= 0.3 is 0 Å². The molecule has 3 amide bonds. The molecule has 2 rings (SSSR count). The molecule has 0 bridgehead atoms. The van der Waals surface area contributed by atoms with Crippen molar-refractivity contribution in [3.8, 4) is 0 Å². The van der Waals surface area contributed by atoms with Crippen LogP contribution in [0.25, 0.3) is 0 Å².